The van der Waals surface area contributed by atoms with Crippen molar-refractivity contribution in [3.05, 3.63) is 29.8 Å². The molecule has 0 spiro atoms. The summed E-state index contributed by atoms with van der Waals surface area (Å²) in [5, 5.41) is 9.26. The van der Waals surface area contributed by atoms with Crippen LogP contribution < -0.4 is 4.74 Å². The number of benzene rings is 1. The number of rotatable bonds is 4. The predicted octanol–water partition coefficient (Wildman–Crippen LogP) is 2.94. The maximum atomic E-state index is 12.5. The monoisotopic (exact) mass is 317 g/mol. The lowest BCUT2D eigenvalue weighted by atomic mass is 9.90. The van der Waals surface area contributed by atoms with Crippen molar-refractivity contribution in [2.24, 2.45) is 5.41 Å². The Morgan fingerprint density at radius 3 is 2.43 bits per heavy atom. The summed E-state index contributed by atoms with van der Waals surface area (Å²) in [5.74, 6) is -0.152. The Kier molecular flexibility index (Phi) is 4.28. The smallest absolute Gasteiger partial charge is 0.311 e. The number of hydrogen-bond acceptors (Lipinski definition) is 3. The quantitative estimate of drug-likeness (QED) is 0.927. The summed E-state index contributed by atoms with van der Waals surface area (Å²) in [6.45, 7) is 2.45. The van der Waals surface area contributed by atoms with Gasteiger partial charge in [0.25, 0.3) is 5.91 Å². The van der Waals surface area contributed by atoms with Gasteiger partial charge in [0, 0.05) is 18.7 Å². The van der Waals surface area contributed by atoms with E-state index in [9.17, 15) is 14.7 Å². The molecule has 0 bridgehead atoms. The first-order valence-electron chi connectivity index (χ1n) is 8.27. The highest BCUT2D eigenvalue weighted by Gasteiger charge is 2.42. The van der Waals surface area contributed by atoms with Gasteiger partial charge >= 0.3 is 5.97 Å². The molecule has 1 aromatic rings. The van der Waals surface area contributed by atoms with Gasteiger partial charge in [-0.25, -0.2) is 0 Å². The maximum Gasteiger partial charge on any atom is 0.311 e. The second-order valence-corrected chi connectivity index (χ2v) is 6.89. The van der Waals surface area contributed by atoms with Crippen LogP contribution in [0.1, 0.15) is 49.4 Å². The summed E-state index contributed by atoms with van der Waals surface area (Å²) in [7, 11) is 0. The predicted molar refractivity (Wildman–Crippen MR) is 85.6 cm³/mol. The van der Waals surface area contributed by atoms with Crippen LogP contribution in [0.4, 0.5) is 0 Å². The third-order valence-electron chi connectivity index (χ3n) is 4.98. The van der Waals surface area contributed by atoms with E-state index in [1.165, 1.54) is 12.8 Å². The van der Waals surface area contributed by atoms with Crippen molar-refractivity contribution in [3.8, 4) is 5.75 Å². The van der Waals surface area contributed by atoms with Gasteiger partial charge < -0.3 is 14.7 Å². The van der Waals surface area contributed by atoms with Crippen molar-refractivity contribution < 1.29 is 19.4 Å². The second kappa shape index (κ2) is 6.22. The number of carboxylic acids is 1. The summed E-state index contributed by atoms with van der Waals surface area (Å²) in [6, 6.07) is 7.20. The van der Waals surface area contributed by atoms with Crippen molar-refractivity contribution in [2.75, 3.05) is 13.1 Å². The van der Waals surface area contributed by atoms with Gasteiger partial charge in [0.05, 0.1) is 11.5 Å². The van der Waals surface area contributed by atoms with Crippen molar-refractivity contribution in [3.63, 3.8) is 0 Å². The third kappa shape index (κ3) is 3.33. The summed E-state index contributed by atoms with van der Waals surface area (Å²) in [4.78, 5) is 25.4. The van der Waals surface area contributed by atoms with Crippen molar-refractivity contribution in [2.45, 2.75) is 45.1 Å². The first kappa shape index (κ1) is 15.8. The highest BCUT2D eigenvalue weighted by atomic mass is 16.5. The fourth-order valence-electron chi connectivity index (χ4n) is 3.37. The Balaban J connectivity index is 1.63. The van der Waals surface area contributed by atoms with E-state index >= 15 is 0 Å². The number of carboxylic acid groups (broad SMARTS) is 1. The zero-order valence-electron chi connectivity index (χ0n) is 13.5. The van der Waals surface area contributed by atoms with Crippen LogP contribution >= 0.6 is 0 Å². The number of carbonyl (C=O) groups is 2. The lowest BCUT2D eigenvalue weighted by Gasteiger charge is -2.20. The van der Waals surface area contributed by atoms with Crippen LogP contribution in [0.2, 0.25) is 0 Å². The summed E-state index contributed by atoms with van der Waals surface area (Å²) in [6.07, 6.45) is 5.43. The molecule has 124 valence electrons. The molecule has 1 saturated heterocycles. The number of amides is 1. The molecule has 5 nitrogen and oxygen atoms in total. The maximum absolute atomic E-state index is 12.5. The number of carbonyl (C=O) groups excluding carboxylic acids is 1. The van der Waals surface area contributed by atoms with E-state index in [0.29, 0.717) is 24.6 Å². The Labute approximate surface area is 136 Å². The fourth-order valence-corrected chi connectivity index (χ4v) is 3.37. The molecular formula is C18H23NO4. The van der Waals surface area contributed by atoms with Gasteiger partial charge in [-0.05, 0) is 63.3 Å². The molecule has 1 aliphatic heterocycles. The average Bonchev–Trinajstić information content (AvgIpc) is 3.18. The van der Waals surface area contributed by atoms with Gasteiger partial charge in [-0.15, -0.1) is 0 Å². The fraction of sp³-hybridized carbons (Fsp3) is 0.556. The zero-order valence-corrected chi connectivity index (χ0v) is 13.5. The van der Waals surface area contributed by atoms with E-state index in [2.05, 4.69) is 0 Å². The molecular weight excluding hydrogens is 294 g/mol. The molecule has 3 rings (SSSR count). The van der Waals surface area contributed by atoms with Gasteiger partial charge in [0.15, 0.2) is 0 Å². The standard InChI is InChI=1S/C18H23NO4/c1-18(17(21)22)10-11-19(12-18)16(20)13-6-8-15(9-7-13)23-14-4-2-3-5-14/h6-9,14H,2-5,10-12H2,1H3,(H,21,22)/t18-/m1/s1. The van der Waals surface area contributed by atoms with E-state index in [-0.39, 0.29) is 12.5 Å². The van der Waals surface area contributed by atoms with Crippen molar-refractivity contribution >= 4 is 11.9 Å². The SMILES string of the molecule is C[C@@]1(C(=O)O)CCN(C(=O)c2ccc(OC3CCCC3)cc2)C1. The molecule has 2 aliphatic rings. The molecule has 2 fully saturated rings. The minimum Gasteiger partial charge on any atom is -0.490 e. The Hall–Kier alpha value is -2.04. The lowest BCUT2D eigenvalue weighted by Crippen LogP contribution is -2.34. The summed E-state index contributed by atoms with van der Waals surface area (Å²) in [5.41, 5.74) is -0.250. The molecule has 1 saturated carbocycles. The highest BCUT2D eigenvalue weighted by molar-refractivity contribution is 5.95. The van der Waals surface area contributed by atoms with Crippen LogP contribution in [0.3, 0.4) is 0 Å². The minimum atomic E-state index is -0.840. The Morgan fingerprint density at radius 2 is 1.87 bits per heavy atom. The summed E-state index contributed by atoms with van der Waals surface area (Å²) >= 11 is 0. The lowest BCUT2D eigenvalue weighted by molar-refractivity contribution is -0.147. The number of ether oxygens (including phenoxy) is 1. The highest BCUT2D eigenvalue weighted by Crippen LogP contribution is 2.31. The van der Waals surface area contributed by atoms with Crippen LogP contribution in [0.25, 0.3) is 0 Å². The van der Waals surface area contributed by atoms with E-state index < -0.39 is 11.4 Å². The van der Waals surface area contributed by atoms with Crippen LogP contribution in [-0.2, 0) is 4.79 Å². The van der Waals surface area contributed by atoms with Crippen LogP contribution in [0, 0.1) is 5.41 Å². The third-order valence-corrected chi connectivity index (χ3v) is 4.98. The number of hydrogen-bond donors (Lipinski definition) is 1. The molecule has 1 atom stereocenters. The molecule has 1 aromatic carbocycles. The normalized spacial score (nSPS) is 24.8. The van der Waals surface area contributed by atoms with E-state index in [1.54, 1.807) is 24.0 Å². The number of aliphatic carboxylic acids is 1. The average molecular weight is 317 g/mol. The van der Waals surface area contributed by atoms with Gasteiger partial charge in [0.1, 0.15) is 5.75 Å². The Morgan fingerprint density at radius 1 is 1.22 bits per heavy atom. The van der Waals surface area contributed by atoms with E-state index in [4.69, 9.17) is 4.74 Å². The molecule has 0 unspecified atom stereocenters. The molecule has 5 heteroatoms. The van der Waals surface area contributed by atoms with Gasteiger partial charge in [-0.1, -0.05) is 0 Å². The van der Waals surface area contributed by atoms with E-state index in [1.807, 2.05) is 12.1 Å². The van der Waals surface area contributed by atoms with Gasteiger partial charge in [-0.2, -0.15) is 0 Å². The topological polar surface area (TPSA) is 66.8 Å². The molecule has 1 amide bonds. The van der Waals surface area contributed by atoms with Crippen LogP contribution in [0.5, 0.6) is 5.75 Å². The second-order valence-electron chi connectivity index (χ2n) is 6.89. The zero-order chi connectivity index (χ0) is 16.4. The van der Waals surface area contributed by atoms with Crippen molar-refractivity contribution in [1.29, 1.82) is 0 Å². The van der Waals surface area contributed by atoms with Crippen molar-refractivity contribution in [1.82, 2.24) is 4.90 Å². The molecule has 0 radical (unpaired) electrons. The molecule has 23 heavy (non-hydrogen) atoms. The minimum absolute atomic E-state index is 0.109. The van der Waals surface area contributed by atoms with Gasteiger partial charge in [0.2, 0.25) is 0 Å². The first-order chi connectivity index (χ1) is 11.0. The van der Waals surface area contributed by atoms with Crippen LogP contribution in [0.15, 0.2) is 24.3 Å². The molecule has 1 heterocycles. The number of likely N-dealkylation sites (tertiary alicyclic amines) is 1. The van der Waals surface area contributed by atoms with Gasteiger partial charge in [-0.3, -0.25) is 9.59 Å². The van der Waals surface area contributed by atoms with Crippen LogP contribution in [-0.4, -0.2) is 41.1 Å². The summed E-state index contributed by atoms with van der Waals surface area (Å²) < 4.78 is 5.90. The Bertz CT molecular complexity index is 592. The molecule has 1 aliphatic carbocycles. The van der Waals surface area contributed by atoms with E-state index in [0.717, 1.165) is 18.6 Å². The molecule has 0 aromatic heterocycles. The largest absolute Gasteiger partial charge is 0.490 e. The first-order valence-corrected chi connectivity index (χ1v) is 8.27. The molecule has 1 N–H and O–H groups in total. The number of nitrogens with zero attached hydrogens (tertiary/aromatic N) is 1.